The normalized spacial score (nSPS) is 16.0. The summed E-state index contributed by atoms with van der Waals surface area (Å²) in [7, 11) is 1.62. The van der Waals surface area contributed by atoms with Gasteiger partial charge in [-0.05, 0) is 13.3 Å². The molecule has 0 aliphatic heterocycles. The third kappa shape index (κ3) is 14.3. The Hall–Kier alpha value is -0.0900. The molecule has 0 aliphatic rings. The molecule has 0 aromatic carbocycles. The van der Waals surface area contributed by atoms with Crippen LogP contribution < -0.4 is 5.32 Å². The second kappa shape index (κ2) is 13.9. The molecule has 0 heterocycles. The van der Waals surface area contributed by atoms with Gasteiger partial charge < -0.3 is 29.2 Å². The molecule has 0 aromatic heterocycles. The van der Waals surface area contributed by atoms with Crippen molar-refractivity contribution in [1.82, 2.24) is 5.32 Å². The smallest absolute Gasteiger partial charge is 0.152 e. The predicted octanol–water partition coefficient (Wildman–Crippen LogP) is -0.383. The van der Waals surface area contributed by atoms with Gasteiger partial charge in [0.25, 0.3) is 0 Å². The van der Waals surface area contributed by atoms with Crippen molar-refractivity contribution in [2.24, 2.45) is 0 Å². The number of rotatable bonds is 14. The van der Waals surface area contributed by atoms with Gasteiger partial charge in [0, 0.05) is 26.3 Å². The van der Waals surface area contributed by atoms with E-state index >= 15 is 0 Å². The van der Waals surface area contributed by atoms with Gasteiger partial charge in [-0.2, -0.15) is 0 Å². The van der Waals surface area contributed by atoms with Crippen LogP contribution in [0.15, 0.2) is 0 Å². The standard InChI is InChI=1S/C12H27NO6S/c1-11(9-19-6-5-17-2)13-8-12(14)10-18-4-3-7-20(15)16/h11-14H,3-10H2,1-2H3,(H,15,16). The first-order valence-electron chi connectivity index (χ1n) is 6.69. The molecule has 0 spiro atoms. The fourth-order valence-electron chi connectivity index (χ4n) is 1.36. The molecule has 7 nitrogen and oxygen atoms in total. The molecule has 20 heavy (non-hydrogen) atoms. The molecular formula is C12H27NO6S. The molecule has 122 valence electrons. The summed E-state index contributed by atoms with van der Waals surface area (Å²) in [5.74, 6) is 0.199. The van der Waals surface area contributed by atoms with Gasteiger partial charge in [0.2, 0.25) is 0 Å². The number of nitrogens with one attached hydrogen (secondary N) is 1. The monoisotopic (exact) mass is 313 g/mol. The summed E-state index contributed by atoms with van der Waals surface area (Å²) in [4.78, 5) is 0. The lowest BCUT2D eigenvalue weighted by Gasteiger charge is -2.17. The number of hydrogen-bond donors (Lipinski definition) is 3. The van der Waals surface area contributed by atoms with Gasteiger partial charge in [0.1, 0.15) is 0 Å². The molecule has 0 aromatic rings. The van der Waals surface area contributed by atoms with Crippen molar-refractivity contribution in [2.45, 2.75) is 25.5 Å². The lowest BCUT2D eigenvalue weighted by atomic mass is 10.3. The highest BCUT2D eigenvalue weighted by atomic mass is 32.2. The molecule has 0 fully saturated rings. The minimum absolute atomic E-state index is 0.137. The Morgan fingerprint density at radius 3 is 2.55 bits per heavy atom. The zero-order valence-corrected chi connectivity index (χ0v) is 13.1. The van der Waals surface area contributed by atoms with Crippen LogP contribution in [-0.4, -0.2) is 78.5 Å². The molecule has 0 radical (unpaired) electrons. The quantitative estimate of drug-likeness (QED) is 0.297. The molecule has 0 rings (SSSR count). The summed E-state index contributed by atoms with van der Waals surface area (Å²) in [6.45, 7) is 4.65. The van der Waals surface area contributed by atoms with Crippen LogP contribution in [0.4, 0.5) is 0 Å². The van der Waals surface area contributed by atoms with Gasteiger partial charge in [-0.1, -0.05) is 0 Å². The zero-order valence-electron chi connectivity index (χ0n) is 12.2. The third-order valence-corrected chi connectivity index (χ3v) is 3.06. The Bertz CT molecular complexity index is 244. The maximum Gasteiger partial charge on any atom is 0.152 e. The van der Waals surface area contributed by atoms with Crippen molar-refractivity contribution in [3.8, 4) is 0 Å². The van der Waals surface area contributed by atoms with E-state index in [-0.39, 0.29) is 18.4 Å². The van der Waals surface area contributed by atoms with Gasteiger partial charge in [0.05, 0.1) is 38.3 Å². The van der Waals surface area contributed by atoms with E-state index in [9.17, 15) is 9.32 Å². The van der Waals surface area contributed by atoms with Crippen LogP contribution in [0.5, 0.6) is 0 Å². The SMILES string of the molecule is COCCOCC(C)NCC(O)COCCCS(=O)O. The Kier molecular flexibility index (Phi) is 13.8. The highest BCUT2D eigenvalue weighted by molar-refractivity contribution is 7.79. The third-order valence-electron chi connectivity index (χ3n) is 2.42. The van der Waals surface area contributed by atoms with Crippen LogP contribution in [-0.2, 0) is 25.3 Å². The van der Waals surface area contributed by atoms with Gasteiger partial charge in [-0.15, -0.1) is 0 Å². The van der Waals surface area contributed by atoms with Crippen LogP contribution >= 0.6 is 0 Å². The van der Waals surface area contributed by atoms with Crippen LogP contribution in [0, 0.1) is 0 Å². The van der Waals surface area contributed by atoms with Crippen molar-refractivity contribution < 1.29 is 28.1 Å². The summed E-state index contributed by atoms with van der Waals surface area (Å²) >= 11 is -1.77. The van der Waals surface area contributed by atoms with Crippen molar-refractivity contribution in [1.29, 1.82) is 0 Å². The molecule has 3 atom stereocenters. The van der Waals surface area contributed by atoms with Crippen LogP contribution in [0.2, 0.25) is 0 Å². The summed E-state index contributed by atoms with van der Waals surface area (Å²) < 4.78 is 34.3. The maximum absolute atomic E-state index is 10.4. The van der Waals surface area contributed by atoms with Gasteiger partial charge >= 0.3 is 0 Å². The van der Waals surface area contributed by atoms with E-state index in [1.165, 1.54) is 0 Å². The van der Waals surface area contributed by atoms with Crippen molar-refractivity contribution >= 4 is 11.1 Å². The molecular weight excluding hydrogens is 286 g/mol. The maximum atomic E-state index is 10.4. The summed E-state index contributed by atoms with van der Waals surface area (Å²) in [5.41, 5.74) is 0. The van der Waals surface area contributed by atoms with E-state index < -0.39 is 17.2 Å². The van der Waals surface area contributed by atoms with E-state index in [0.29, 0.717) is 39.4 Å². The van der Waals surface area contributed by atoms with Gasteiger partial charge in [-0.3, -0.25) is 0 Å². The van der Waals surface area contributed by atoms with Gasteiger partial charge in [0.15, 0.2) is 11.1 Å². The molecule has 3 unspecified atom stereocenters. The molecule has 0 bridgehead atoms. The number of aliphatic hydroxyl groups excluding tert-OH is 1. The fourth-order valence-corrected chi connectivity index (χ4v) is 1.73. The molecule has 0 aliphatic carbocycles. The zero-order chi connectivity index (χ0) is 15.2. The van der Waals surface area contributed by atoms with Crippen molar-refractivity contribution in [3.05, 3.63) is 0 Å². The number of methoxy groups -OCH3 is 1. The lowest BCUT2D eigenvalue weighted by Crippen LogP contribution is -2.38. The van der Waals surface area contributed by atoms with Crippen LogP contribution in [0.25, 0.3) is 0 Å². The molecule has 0 saturated carbocycles. The Morgan fingerprint density at radius 2 is 1.90 bits per heavy atom. The van der Waals surface area contributed by atoms with Crippen molar-refractivity contribution in [2.75, 3.05) is 52.4 Å². The number of ether oxygens (including phenoxy) is 3. The van der Waals surface area contributed by atoms with E-state index in [1.807, 2.05) is 6.92 Å². The second-order valence-corrected chi connectivity index (χ2v) is 5.54. The Morgan fingerprint density at radius 1 is 1.20 bits per heavy atom. The van der Waals surface area contributed by atoms with Crippen LogP contribution in [0.1, 0.15) is 13.3 Å². The number of aliphatic hydroxyl groups is 1. The lowest BCUT2D eigenvalue weighted by molar-refractivity contribution is 0.0306. The largest absolute Gasteiger partial charge is 0.389 e. The Balaban J connectivity index is 3.38. The first kappa shape index (κ1) is 19.9. The van der Waals surface area contributed by atoms with E-state index in [0.717, 1.165) is 0 Å². The minimum Gasteiger partial charge on any atom is -0.389 e. The summed E-state index contributed by atoms with van der Waals surface area (Å²) in [6.07, 6.45) is -0.0939. The molecule has 8 heteroatoms. The number of hydrogen-bond acceptors (Lipinski definition) is 6. The first-order valence-corrected chi connectivity index (χ1v) is 7.97. The predicted molar refractivity (Wildman–Crippen MR) is 77.2 cm³/mol. The summed E-state index contributed by atoms with van der Waals surface area (Å²) in [6, 6.07) is 0.137. The highest BCUT2D eigenvalue weighted by Gasteiger charge is 2.07. The molecule has 0 amide bonds. The van der Waals surface area contributed by atoms with E-state index in [1.54, 1.807) is 7.11 Å². The van der Waals surface area contributed by atoms with Crippen molar-refractivity contribution in [3.63, 3.8) is 0 Å². The average molecular weight is 313 g/mol. The Labute approximate surface area is 123 Å². The minimum atomic E-state index is -1.77. The van der Waals surface area contributed by atoms with E-state index in [2.05, 4.69) is 5.32 Å². The molecule has 3 N–H and O–H groups in total. The molecule has 0 saturated heterocycles. The summed E-state index contributed by atoms with van der Waals surface area (Å²) in [5, 5.41) is 12.8. The first-order chi connectivity index (χ1) is 9.56. The average Bonchev–Trinajstić information content (AvgIpc) is 2.40. The van der Waals surface area contributed by atoms with E-state index in [4.69, 9.17) is 18.8 Å². The second-order valence-electron chi connectivity index (χ2n) is 4.48. The van der Waals surface area contributed by atoms with Gasteiger partial charge in [-0.25, -0.2) is 4.21 Å². The van der Waals surface area contributed by atoms with Crippen LogP contribution in [0.3, 0.4) is 0 Å². The highest BCUT2D eigenvalue weighted by Crippen LogP contribution is 1.91. The topological polar surface area (TPSA) is 97.3 Å². The fraction of sp³-hybridized carbons (Fsp3) is 1.00.